The van der Waals surface area contributed by atoms with Crippen molar-refractivity contribution in [2.24, 2.45) is 11.3 Å². The maximum atomic E-state index is 9.92. The molecule has 3 N–H and O–H groups in total. The summed E-state index contributed by atoms with van der Waals surface area (Å²) < 4.78 is 0. The maximum absolute atomic E-state index is 9.92. The first-order valence-electron chi connectivity index (χ1n) is 11.2. The van der Waals surface area contributed by atoms with E-state index >= 15 is 0 Å². The van der Waals surface area contributed by atoms with Gasteiger partial charge in [-0.15, -0.1) is 0 Å². The highest BCUT2D eigenvalue weighted by Gasteiger charge is 2.40. The minimum Gasteiger partial charge on any atom is -0.393 e. The molecule has 0 aromatic carbocycles. The van der Waals surface area contributed by atoms with Gasteiger partial charge in [-0.05, 0) is 95.8 Å². The summed E-state index contributed by atoms with van der Waals surface area (Å²) in [5.74, 6) is 0.841. The fourth-order valence-electron chi connectivity index (χ4n) is 5.82. The third-order valence-electron chi connectivity index (χ3n) is 7.11. The highest BCUT2D eigenvalue weighted by Crippen LogP contribution is 2.53. The molecule has 3 aliphatic rings. The largest absolute Gasteiger partial charge is 0.393 e. The van der Waals surface area contributed by atoms with Gasteiger partial charge in [-0.3, -0.25) is 0 Å². The number of aliphatic hydroxyl groups excluding tert-OH is 2. The Kier molecular flexibility index (Phi) is 6.87. The second-order valence-corrected chi connectivity index (χ2v) is 10.4. The lowest BCUT2D eigenvalue weighted by Crippen LogP contribution is -2.24. The van der Waals surface area contributed by atoms with Gasteiger partial charge in [0, 0.05) is 0 Å². The monoisotopic (exact) mass is 376 g/mol. The van der Waals surface area contributed by atoms with Crippen LogP contribution in [0.2, 0.25) is 0 Å². The van der Waals surface area contributed by atoms with E-state index in [1.165, 1.54) is 56.9 Å². The molecule has 0 aromatic rings. The van der Waals surface area contributed by atoms with Crippen molar-refractivity contribution in [3.63, 3.8) is 0 Å². The highest BCUT2D eigenvalue weighted by atomic mass is 16.3. The smallest absolute Gasteiger partial charge is 0.0602 e. The van der Waals surface area contributed by atoms with Crippen LogP contribution in [0.3, 0.4) is 0 Å². The normalized spacial score (nSPS) is 36.6. The van der Waals surface area contributed by atoms with Gasteiger partial charge in [-0.1, -0.05) is 36.1 Å². The maximum Gasteiger partial charge on any atom is 0.0602 e. The van der Waals surface area contributed by atoms with Gasteiger partial charge in [-0.2, -0.15) is 0 Å². The molecule has 0 aromatic heterocycles. The number of rotatable bonds is 5. The third-order valence-corrected chi connectivity index (χ3v) is 7.11. The number of hydrogen-bond donors (Lipinski definition) is 3. The zero-order valence-electron chi connectivity index (χ0n) is 17.4. The predicted molar refractivity (Wildman–Crippen MR) is 110 cm³/mol. The van der Waals surface area contributed by atoms with Crippen LogP contribution >= 0.6 is 0 Å². The average molecular weight is 377 g/mol. The second-order valence-electron chi connectivity index (χ2n) is 10.4. The first kappa shape index (κ1) is 21.1. The Morgan fingerprint density at radius 2 is 1.78 bits per heavy atom. The molecule has 4 atom stereocenters. The van der Waals surface area contributed by atoms with Gasteiger partial charge >= 0.3 is 0 Å². The van der Waals surface area contributed by atoms with Crippen molar-refractivity contribution in [1.29, 1.82) is 0 Å². The molecule has 0 aliphatic heterocycles. The summed E-state index contributed by atoms with van der Waals surface area (Å²) in [4.78, 5) is 0. The summed E-state index contributed by atoms with van der Waals surface area (Å²) in [6, 6.07) is 0. The van der Waals surface area contributed by atoms with Crippen LogP contribution in [0.1, 0.15) is 97.3 Å². The SMILES string of the molecule is CC(C)(O)CCC[C@@H]1CC[C@@]2(CCC/C(=C\C=C3C[C@@H](O)C[C@H](O)C3)C2)C1. The summed E-state index contributed by atoms with van der Waals surface area (Å²) >= 11 is 0. The Morgan fingerprint density at radius 3 is 2.48 bits per heavy atom. The molecular formula is C24H40O3. The first-order valence-corrected chi connectivity index (χ1v) is 11.2. The van der Waals surface area contributed by atoms with Crippen LogP contribution in [0.25, 0.3) is 0 Å². The van der Waals surface area contributed by atoms with Crippen LogP contribution in [-0.2, 0) is 0 Å². The highest BCUT2D eigenvalue weighted by molar-refractivity contribution is 5.22. The van der Waals surface area contributed by atoms with E-state index in [0.29, 0.717) is 11.8 Å². The molecule has 0 heterocycles. The molecule has 0 unspecified atom stereocenters. The Balaban J connectivity index is 1.53. The van der Waals surface area contributed by atoms with E-state index in [1.54, 1.807) is 5.57 Å². The van der Waals surface area contributed by atoms with E-state index in [4.69, 9.17) is 0 Å². The van der Waals surface area contributed by atoms with Gasteiger partial charge in [0.15, 0.2) is 0 Å². The molecule has 3 aliphatic carbocycles. The molecule has 154 valence electrons. The van der Waals surface area contributed by atoms with E-state index in [-0.39, 0.29) is 12.2 Å². The Hall–Kier alpha value is -0.640. The van der Waals surface area contributed by atoms with Crippen LogP contribution < -0.4 is 0 Å². The lowest BCUT2D eigenvalue weighted by molar-refractivity contribution is 0.0608. The Labute approximate surface area is 165 Å². The molecule has 3 fully saturated rings. The van der Waals surface area contributed by atoms with E-state index in [1.807, 2.05) is 13.8 Å². The van der Waals surface area contributed by atoms with Gasteiger partial charge in [-0.25, -0.2) is 0 Å². The van der Waals surface area contributed by atoms with Crippen LogP contribution in [0.15, 0.2) is 23.3 Å². The zero-order chi connectivity index (χ0) is 19.5. The number of allylic oxidation sites excluding steroid dienone is 3. The Bertz CT molecular complexity index is 544. The molecule has 27 heavy (non-hydrogen) atoms. The van der Waals surface area contributed by atoms with Crippen molar-refractivity contribution in [1.82, 2.24) is 0 Å². The lowest BCUT2D eigenvalue weighted by Gasteiger charge is -2.35. The lowest BCUT2D eigenvalue weighted by atomic mass is 9.70. The van der Waals surface area contributed by atoms with Crippen molar-refractivity contribution in [3.8, 4) is 0 Å². The van der Waals surface area contributed by atoms with Gasteiger partial charge in [0.2, 0.25) is 0 Å². The minimum absolute atomic E-state index is 0.379. The van der Waals surface area contributed by atoms with E-state index in [0.717, 1.165) is 31.6 Å². The van der Waals surface area contributed by atoms with Crippen molar-refractivity contribution in [3.05, 3.63) is 23.3 Å². The fraction of sp³-hybridized carbons (Fsp3) is 0.833. The van der Waals surface area contributed by atoms with Crippen molar-refractivity contribution in [2.45, 2.75) is 115 Å². The van der Waals surface area contributed by atoms with Crippen molar-refractivity contribution in [2.75, 3.05) is 0 Å². The molecule has 1 spiro atoms. The van der Waals surface area contributed by atoms with Crippen LogP contribution in [0.4, 0.5) is 0 Å². The standard InChI is InChI=1S/C24H40O3/c1-23(2,27)10-3-5-19-9-12-24(17-19)11-4-6-18(16-24)7-8-20-13-21(25)15-22(26)14-20/h7-8,19,21-22,25-27H,3-6,9-17H2,1-2H3/b18-7+/t19-,21-,22-,24-/m1/s1. The van der Waals surface area contributed by atoms with Gasteiger partial charge < -0.3 is 15.3 Å². The van der Waals surface area contributed by atoms with Crippen LogP contribution in [0, 0.1) is 11.3 Å². The summed E-state index contributed by atoms with van der Waals surface area (Å²) in [7, 11) is 0. The molecule has 3 nitrogen and oxygen atoms in total. The van der Waals surface area contributed by atoms with Crippen molar-refractivity contribution >= 4 is 0 Å². The number of aliphatic hydroxyl groups is 3. The molecule has 0 radical (unpaired) electrons. The molecule has 3 rings (SSSR count). The van der Waals surface area contributed by atoms with Crippen molar-refractivity contribution < 1.29 is 15.3 Å². The second kappa shape index (κ2) is 8.80. The summed E-state index contributed by atoms with van der Waals surface area (Å²) in [6.45, 7) is 3.83. The minimum atomic E-state index is -0.523. The van der Waals surface area contributed by atoms with Gasteiger partial charge in [0.25, 0.3) is 0 Å². The first-order chi connectivity index (χ1) is 12.7. The van der Waals surface area contributed by atoms with E-state index in [9.17, 15) is 15.3 Å². The predicted octanol–water partition coefficient (Wildman–Crippen LogP) is 5.05. The molecule has 0 bridgehead atoms. The summed E-state index contributed by atoms with van der Waals surface area (Å²) in [6.07, 6.45) is 18.2. The average Bonchev–Trinajstić information content (AvgIpc) is 2.93. The topological polar surface area (TPSA) is 60.7 Å². The molecule has 0 amide bonds. The summed E-state index contributed by atoms with van der Waals surface area (Å²) in [5.41, 5.74) is 2.77. The van der Waals surface area contributed by atoms with Crippen LogP contribution in [0.5, 0.6) is 0 Å². The summed E-state index contributed by atoms with van der Waals surface area (Å²) in [5, 5.41) is 29.7. The number of hydrogen-bond acceptors (Lipinski definition) is 3. The Morgan fingerprint density at radius 1 is 1.07 bits per heavy atom. The van der Waals surface area contributed by atoms with Gasteiger partial charge in [0.1, 0.15) is 0 Å². The quantitative estimate of drug-likeness (QED) is 0.629. The fourth-order valence-corrected chi connectivity index (χ4v) is 5.82. The molecule has 3 heteroatoms. The zero-order valence-corrected chi connectivity index (χ0v) is 17.4. The van der Waals surface area contributed by atoms with E-state index < -0.39 is 5.60 Å². The van der Waals surface area contributed by atoms with Crippen LogP contribution in [-0.4, -0.2) is 33.1 Å². The van der Waals surface area contributed by atoms with Gasteiger partial charge in [0.05, 0.1) is 17.8 Å². The molecular weight excluding hydrogens is 336 g/mol. The molecule has 0 saturated heterocycles. The third kappa shape index (κ3) is 6.44. The molecule has 3 saturated carbocycles. The van der Waals surface area contributed by atoms with E-state index in [2.05, 4.69) is 12.2 Å².